The SMILES string of the molecule is CC(NC1CCSc2ccccc21)c1cccnc1. The number of hydrogen-bond donors (Lipinski definition) is 1. The van der Waals surface area contributed by atoms with Crippen LogP contribution in [0.4, 0.5) is 0 Å². The minimum Gasteiger partial charge on any atom is -0.303 e. The van der Waals surface area contributed by atoms with Gasteiger partial charge < -0.3 is 5.32 Å². The second kappa shape index (κ2) is 5.76. The maximum atomic E-state index is 4.20. The fourth-order valence-electron chi connectivity index (χ4n) is 2.55. The fraction of sp³-hybridized carbons (Fsp3) is 0.312. The van der Waals surface area contributed by atoms with Gasteiger partial charge in [0, 0.05) is 29.4 Å². The second-order valence-electron chi connectivity index (χ2n) is 4.90. The van der Waals surface area contributed by atoms with Crippen molar-refractivity contribution in [2.24, 2.45) is 0 Å². The predicted octanol–water partition coefficient (Wildman–Crippen LogP) is 3.97. The standard InChI is InChI=1S/C16H18N2S/c1-12(13-5-4-9-17-11-13)18-15-8-10-19-16-7-3-2-6-14(15)16/h2-7,9,11-12,15,18H,8,10H2,1H3. The number of nitrogens with zero attached hydrogens (tertiary/aromatic N) is 1. The van der Waals surface area contributed by atoms with Gasteiger partial charge in [-0.1, -0.05) is 24.3 Å². The largest absolute Gasteiger partial charge is 0.303 e. The van der Waals surface area contributed by atoms with Crippen molar-refractivity contribution in [2.45, 2.75) is 30.3 Å². The highest BCUT2D eigenvalue weighted by Gasteiger charge is 2.21. The van der Waals surface area contributed by atoms with Crippen LogP contribution in [-0.4, -0.2) is 10.7 Å². The Hall–Kier alpha value is -1.32. The van der Waals surface area contributed by atoms with Gasteiger partial charge in [0.15, 0.2) is 0 Å². The first-order chi connectivity index (χ1) is 9.34. The number of nitrogens with one attached hydrogen (secondary N) is 1. The molecule has 0 radical (unpaired) electrons. The Bertz CT molecular complexity index is 541. The molecule has 2 atom stereocenters. The van der Waals surface area contributed by atoms with Gasteiger partial charge in [0.05, 0.1) is 0 Å². The van der Waals surface area contributed by atoms with Crippen molar-refractivity contribution in [1.29, 1.82) is 0 Å². The fourth-order valence-corrected chi connectivity index (χ4v) is 3.67. The summed E-state index contributed by atoms with van der Waals surface area (Å²) in [7, 11) is 0. The van der Waals surface area contributed by atoms with E-state index in [1.54, 1.807) is 0 Å². The minimum absolute atomic E-state index is 0.329. The van der Waals surface area contributed by atoms with Crippen LogP contribution >= 0.6 is 11.8 Å². The van der Waals surface area contributed by atoms with Crippen molar-refractivity contribution in [1.82, 2.24) is 10.3 Å². The summed E-state index contributed by atoms with van der Waals surface area (Å²) in [6, 6.07) is 13.6. The van der Waals surface area contributed by atoms with Crippen LogP contribution in [0, 0.1) is 0 Å². The first-order valence-electron chi connectivity index (χ1n) is 6.72. The Labute approximate surface area is 118 Å². The van der Waals surface area contributed by atoms with Gasteiger partial charge in [0.2, 0.25) is 0 Å². The van der Waals surface area contributed by atoms with Crippen LogP contribution in [0.3, 0.4) is 0 Å². The number of hydrogen-bond acceptors (Lipinski definition) is 3. The van der Waals surface area contributed by atoms with Gasteiger partial charge in [-0.2, -0.15) is 0 Å². The highest BCUT2D eigenvalue weighted by atomic mass is 32.2. The van der Waals surface area contributed by atoms with Crippen LogP contribution < -0.4 is 5.32 Å². The molecule has 2 aromatic rings. The molecule has 1 N–H and O–H groups in total. The molecular weight excluding hydrogens is 252 g/mol. The Balaban J connectivity index is 1.78. The third kappa shape index (κ3) is 2.82. The zero-order chi connectivity index (χ0) is 13.1. The quantitative estimate of drug-likeness (QED) is 0.913. The lowest BCUT2D eigenvalue weighted by molar-refractivity contribution is 0.449. The van der Waals surface area contributed by atoms with Crippen molar-refractivity contribution < 1.29 is 0 Å². The normalized spacial score (nSPS) is 19.7. The third-order valence-electron chi connectivity index (χ3n) is 3.59. The molecule has 2 heterocycles. The minimum atomic E-state index is 0.329. The highest BCUT2D eigenvalue weighted by Crippen LogP contribution is 2.36. The molecule has 3 heteroatoms. The summed E-state index contributed by atoms with van der Waals surface area (Å²) < 4.78 is 0. The summed E-state index contributed by atoms with van der Waals surface area (Å²) >= 11 is 1.96. The van der Waals surface area contributed by atoms with E-state index < -0.39 is 0 Å². The van der Waals surface area contributed by atoms with Gasteiger partial charge in [0.1, 0.15) is 0 Å². The third-order valence-corrected chi connectivity index (χ3v) is 4.72. The van der Waals surface area contributed by atoms with Gasteiger partial charge in [-0.3, -0.25) is 4.98 Å². The summed E-state index contributed by atoms with van der Waals surface area (Å²) in [5.74, 6) is 1.19. The van der Waals surface area contributed by atoms with E-state index in [0.717, 1.165) is 0 Å². The predicted molar refractivity (Wildman–Crippen MR) is 80.3 cm³/mol. The van der Waals surface area contributed by atoms with Crippen LogP contribution in [0.15, 0.2) is 53.7 Å². The van der Waals surface area contributed by atoms with Crippen molar-refractivity contribution in [2.75, 3.05) is 5.75 Å². The van der Waals surface area contributed by atoms with Crippen LogP contribution in [0.25, 0.3) is 0 Å². The summed E-state index contributed by atoms with van der Waals surface area (Å²) in [6.07, 6.45) is 4.95. The van der Waals surface area contributed by atoms with E-state index in [1.807, 2.05) is 30.2 Å². The van der Waals surface area contributed by atoms with Crippen molar-refractivity contribution in [3.8, 4) is 0 Å². The summed E-state index contributed by atoms with van der Waals surface area (Å²) in [4.78, 5) is 5.62. The van der Waals surface area contributed by atoms with E-state index in [0.29, 0.717) is 12.1 Å². The molecule has 1 aromatic heterocycles. The van der Waals surface area contributed by atoms with E-state index in [1.165, 1.54) is 28.2 Å². The lowest BCUT2D eigenvalue weighted by atomic mass is 10.0. The highest BCUT2D eigenvalue weighted by molar-refractivity contribution is 7.99. The number of benzene rings is 1. The maximum Gasteiger partial charge on any atom is 0.0344 e. The molecule has 0 bridgehead atoms. The molecule has 19 heavy (non-hydrogen) atoms. The maximum absolute atomic E-state index is 4.20. The summed E-state index contributed by atoms with van der Waals surface area (Å²) in [6.45, 7) is 2.21. The average Bonchev–Trinajstić information content (AvgIpc) is 2.48. The zero-order valence-corrected chi connectivity index (χ0v) is 11.9. The lowest BCUT2D eigenvalue weighted by Gasteiger charge is -2.29. The van der Waals surface area contributed by atoms with Crippen molar-refractivity contribution in [3.05, 3.63) is 59.9 Å². The molecule has 98 valence electrons. The van der Waals surface area contributed by atoms with E-state index in [9.17, 15) is 0 Å². The van der Waals surface area contributed by atoms with Crippen LogP contribution in [-0.2, 0) is 0 Å². The molecule has 0 saturated carbocycles. The van der Waals surface area contributed by atoms with Gasteiger partial charge >= 0.3 is 0 Å². The Morgan fingerprint density at radius 3 is 3.00 bits per heavy atom. The number of thioether (sulfide) groups is 1. The molecule has 1 aliphatic rings. The molecule has 0 spiro atoms. The number of rotatable bonds is 3. The number of pyridine rings is 1. The molecule has 1 aromatic carbocycles. The first-order valence-corrected chi connectivity index (χ1v) is 7.71. The van der Waals surface area contributed by atoms with E-state index in [-0.39, 0.29) is 0 Å². The number of fused-ring (bicyclic) bond motifs is 1. The van der Waals surface area contributed by atoms with Crippen LogP contribution in [0.2, 0.25) is 0 Å². The smallest absolute Gasteiger partial charge is 0.0344 e. The monoisotopic (exact) mass is 270 g/mol. The Morgan fingerprint density at radius 2 is 2.16 bits per heavy atom. The van der Waals surface area contributed by atoms with Gasteiger partial charge in [-0.05, 0) is 42.4 Å². The van der Waals surface area contributed by atoms with Gasteiger partial charge in [0.25, 0.3) is 0 Å². The van der Waals surface area contributed by atoms with Crippen LogP contribution in [0.5, 0.6) is 0 Å². The van der Waals surface area contributed by atoms with E-state index in [4.69, 9.17) is 0 Å². The van der Waals surface area contributed by atoms with E-state index >= 15 is 0 Å². The molecule has 0 fully saturated rings. The molecule has 0 amide bonds. The molecule has 2 nitrogen and oxygen atoms in total. The van der Waals surface area contributed by atoms with E-state index in [2.05, 4.69) is 47.6 Å². The number of aromatic nitrogens is 1. The van der Waals surface area contributed by atoms with Crippen LogP contribution in [0.1, 0.15) is 36.6 Å². The first kappa shape index (κ1) is 12.7. The topological polar surface area (TPSA) is 24.9 Å². The molecular formula is C16H18N2S. The van der Waals surface area contributed by atoms with Gasteiger partial charge in [-0.25, -0.2) is 0 Å². The molecule has 0 aliphatic carbocycles. The molecule has 3 rings (SSSR count). The summed E-state index contributed by atoms with van der Waals surface area (Å²) in [5.41, 5.74) is 2.69. The molecule has 2 unspecified atom stereocenters. The molecule has 0 saturated heterocycles. The second-order valence-corrected chi connectivity index (χ2v) is 6.04. The average molecular weight is 270 g/mol. The zero-order valence-electron chi connectivity index (χ0n) is 11.0. The van der Waals surface area contributed by atoms with Crippen molar-refractivity contribution in [3.63, 3.8) is 0 Å². The Kier molecular flexibility index (Phi) is 3.85. The Morgan fingerprint density at radius 1 is 1.26 bits per heavy atom. The summed E-state index contributed by atoms with van der Waals surface area (Å²) in [5, 5.41) is 3.74. The molecule has 1 aliphatic heterocycles. The van der Waals surface area contributed by atoms with Gasteiger partial charge in [-0.15, -0.1) is 11.8 Å². The lowest BCUT2D eigenvalue weighted by Crippen LogP contribution is -2.27. The van der Waals surface area contributed by atoms with Crippen molar-refractivity contribution >= 4 is 11.8 Å².